The molecule has 0 aliphatic rings. The molecule has 0 atom stereocenters. The quantitative estimate of drug-likeness (QED) is 0.869. The highest BCUT2D eigenvalue weighted by Crippen LogP contribution is 2.09. The highest BCUT2D eigenvalue weighted by Gasteiger charge is 2.15. The number of rotatable bonds is 5. The summed E-state index contributed by atoms with van der Waals surface area (Å²) >= 11 is 0. The van der Waals surface area contributed by atoms with Crippen LogP contribution in [0.5, 0.6) is 0 Å². The summed E-state index contributed by atoms with van der Waals surface area (Å²) in [6, 6.07) is 1.97. The first-order chi connectivity index (χ1) is 8.47. The second kappa shape index (κ2) is 6.33. The molecule has 1 N–H and O–H groups in total. The van der Waals surface area contributed by atoms with Crippen molar-refractivity contribution in [2.45, 2.75) is 40.7 Å². The van der Waals surface area contributed by atoms with Crippen LogP contribution in [0, 0.1) is 6.92 Å². The Labute approximate surface area is 109 Å². The highest BCUT2D eigenvalue weighted by molar-refractivity contribution is 5.92. The van der Waals surface area contributed by atoms with Crippen molar-refractivity contribution < 1.29 is 4.79 Å². The van der Waals surface area contributed by atoms with Crippen LogP contribution in [-0.4, -0.2) is 39.9 Å². The van der Waals surface area contributed by atoms with Gasteiger partial charge in [-0.2, -0.15) is 0 Å². The summed E-state index contributed by atoms with van der Waals surface area (Å²) < 4.78 is 0. The minimum absolute atomic E-state index is 0.0442. The van der Waals surface area contributed by atoms with Crippen molar-refractivity contribution in [3.63, 3.8) is 0 Å². The number of carbonyl (C=O) groups is 1. The van der Waals surface area contributed by atoms with Gasteiger partial charge in [0, 0.05) is 24.8 Å². The molecule has 0 aliphatic carbocycles. The van der Waals surface area contributed by atoms with E-state index in [1.54, 1.807) is 11.0 Å². The molecule has 0 fully saturated rings. The molecule has 1 amide bonds. The van der Waals surface area contributed by atoms with Gasteiger partial charge in [-0.3, -0.25) is 4.79 Å². The molecule has 1 heterocycles. The fourth-order valence-corrected chi connectivity index (χ4v) is 1.67. The smallest absolute Gasteiger partial charge is 0.272 e. The third-order valence-electron chi connectivity index (χ3n) is 2.54. The van der Waals surface area contributed by atoms with Crippen molar-refractivity contribution in [1.29, 1.82) is 0 Å². The zero-order valence-corrected chi connectivity index (χ0v) is 11.8. The Morgan fingerprint density at radius 1 is 1.33 bits per heavy atom. The van der Waals surface area contributed by atoms with Crippen molar-refractivity contribution in [3.05, 3.63) is 17.5 Å². The van der Waals surface area contributed by atoms with Gasteiger partial charge in [-0.15, -0.1) is 0 Å². The Morgan fingerprint density at radius 3 is 2.44 bits per heavy atom. The van der Waals surface area contributed by atoms with Gasteiger partial charge in [0.1, 0.15) is 5.69 Å². The lowest BCUT2D eigenvalue weighted by atomic mass is 10.3. The van der Waals surface area contributed by atoms with Gasteiger partial charge < -0.3 is 10.2 Å². The number of nitrogens with zero attached hydrogens (tertiary/aromatic N) is 3. The third kappa shape index (κ3) is 3.68. The van der Waals surface area contributed by atoms with Crippen molar-refractivity contribution in [2.24, 2.45) is 0 Å². The van der Waals surface area contributed by atoms with Crippen molar-refractivity contribution in [3.8, 4) is 0 Å². The van der Waals surface area contributed by atoms with Crippen molar-refractivity contribution >= 4 is 11.9 Å². The largest absolute Gasteiger partial charge is 0.352 e. The summed E-state index contributed by atoms with van der Waals surface area (Å²) in [5.74, 6) is 0.470. The van der Waals surface area contributed by atoms with E-state index in [9.17, 15) is 4.79 Å². The molecule has 18 heavy (non-hydrogen) atoms. The maximum atomic E-state index is 12.2. The lowest BCUT2D eigenvalue weighted by Crippen LogP contribution is -2.31. The zero-order chi connectivity index (χ0) is 13.7. The maximum Gasteiger partial charge on any atom is 0.272 e. The number of anilines is 1. The molecule has 1 rings (SSSR count). The van der Waals surface area contributed by atoms with E-state index in [0.717, 1.165) is 5.69 Å². The van der Waals surface area contributed by atoms with Gasteiger partial charge >= 0.3 is 0 Å². The van der Waals surface area contributed by atoms with E-state index in [1.807, 2.05) is 34.6 Å². The minimum atomic E-state index is -0.0442. The Morgan fingerprint density at radius 2 is 1.94 bits per heavy atom. The van der Waals surface area contributed by atoms with E-state index < -0.39 is 0 Å². The van der Waals surface area contributed by atoms with Crippen molar-refractivity contribution in [1.82, 2.24) is 14.9 Å². The van der Waals surface area contributed by atoms with Crippen LogP contribution in [0.3, 0.4) is 0 Å². The molecule has 5 heteroatoms. The van der Waals surface area contributed by atoms with Crippen LogP contribution < -0.4 is 5.32 Å². The standard InChI is InChI=1S/C13H22N4O/c1-6-17(7-2)12(18)11-8-10(5)15-13(16-11)14-9(3)4/h8-9H,6-7H2,1-5H3,(H,14,15,16). The van der Waals surface area contributed by atoms with Gasteiger partial charge in [0.05, 0.1) is 0 Å². The van der Waals surface area contributed by atoms with Crippen LogP contribution in [0.15, 0.2) is 6.07 Å². The summed E-state index contributed by atoms with van der Waals surface area (Å²) in [5, 5.41) is 3.12. The van der Waals surface area contributed by atoms with Gasteiger partial charge in [0.2, 0.25) is 5.95 Å². The molecular weight excluding hydrogens is 228 g/mol. The topological polar surface area (TPSA) is 58.1 Å². The van der Waals surface area contributed by atoms with Gasteiger partial charge in [-0.05, 0) is 40.7 Å². The van der Waals surface area contributed by atoms with E-state index >= 15 is 0 Å². The molecule has 0 spiro atoms. The summed E-state index contributed by atoms with van der Waals surface area (Å²) in [6.07, 6.45) is 0. The molecular formula is C13H22N4O. The molecule has 0 unspecified atom stereocenters. The van der Waals surface area contributed by atoms with E-state index in [1.165, 1.54) is 0 Å². The summed E-state index contributed by atoms with van der Waals surface area (Å²) in [5.41, 5.74) is 1.25. The normalized spacial score (nSPS) is 10.6. The Hall–Kier alpha value is -1.65. The van der Waals surface area contributed by atoms with Gasteiger partial charge in [-0.25, -0.2) is 9.97 Å². The number of aryl methyl sites for hydroxylation is 1. The Kier molecular flexibility index (Phi) is 5.07. The molecule has 100 valence electrons. The molecule has 5 nitrogen and oxygen atoms in total. The van der Waals surface area contributed by atoms with Crippen LogP contribution in [0.2, 0.25) is 0 Å². The fraction of sp³-hybridized carbons (Fsp3) is 0.615. The number of nitrogens with one attached hydrogen (secondary N) is 1. The van der Waals surface area contributed by atoms with Crippen LogP contribution >= 0.6 is 0 Å². The van der Waals surface area contributed by atoms with Gasteiger partial charge in [0.25, 0.3) is 5.91 Å². The van der Waals surface area contributed by atoms with E-state index in [4.69, 9.17) is 0 Å². The zero-order valence-electron chi connectivity index (χ0n) is 11.8. The number of hydrogen-bond donors (Lipinski definition) is 1. The van der Waals surface area contributed by atoms with Gasteiger partial charge in [0.15, 0.2) is 0 Å². The number of carbonyl (C=O) groups excluding carboxylic acids is 1. The molecule has 1 aromatic rings. The van der Waals surface area contributed by atoms with Crippen LogP contribution in [0.4, 0.5) is 5.95 Å². The molecule has 0 aliphatic heterocycles. The SMILES string of the molecule is CCN(CC)C(=O)c1cc(C)nc(NC(C)C)n1. The van der Waals surface area contributed by atoms with Crippen LogP contribution in [-0.2, 0) is 0 Å². The molecule has 0 saturated carbocycles. The van der Waals surface area contributed by atoms with Gasteiger partial charge in [-0.1, -0.05) is 0 Å². The first-order valence-corrected chi connectivity index (χ1v) is 6.39. The average Bonchev–Trinajstić information content (AvgIpc) is 2.28. The average molecular weight is 250 g/mol. The summed E-state index contributed by atoms with van der Waals surface area (Å²) in [6.45, 7) is 11.2. The van der Waals surface area contributed by atoms with E-state index in [2.05, 4.69) is 15.3 Å². The molecule has 0 bridgehead atoms. The van der Waals surface area contributed by atoms with E-state index in [0.29, 0.717) is 24.7 Å². The fourth-order valence-electron chi connectivity index (χ4n) is 1.67. The Bertz CT molecular complexity index is 413. The van der Waals surface area contributed by atoms with Crippen LogP contribution in [0.25, 0.3) is 0 Å². The first-order valence-electron chi connectivity index (χ1n) is 6.39. The lowest BCUT2D eigenvalue weighted by Gasteiger charge is -2.18. The summed E-state index contributed by atoms with van der Waals surface area (Å²) in [7, 11) is 0. The van der Waals surface area contributed by atoms with E-state index in [-0.39, 0.29) is 11.9 Å². The number of aromatic nitrogens is 2. The molecule has 0 radical (unpaired) electrons. The maximum absolute atomic E-state index is 12.2. The molecule has 1 aromatic heterocycles. The minimum Gasteiger partial charge on any atom is -0.352 e. The monoisotopic (exact) mass is 250 g/mol. The third-order valence-corrected chi connectivity index (χ3v) is 2.54. The number of hydrogen-bond acceptors (Lipinski definition) is 4. The van der Waals surface area contributed by atoms with Crippen LogP contribution in [0.1, 0.15) is 43.9 Å². The van der Waals surface area contributed by atoms with Crippen molar-refractivity contribution in [2.75, 3.05) is 18.4 Å². The second-order valence-corrected chi connectivity index (χ2v) is 4.49. The first kappa shape index (κ1) is 14.4. The second-order valence-electron chi connectivity index (χ2n) is 4.49. The predicted octanol–water partition coefficient (Wildman–Crippen LogP) is 2.09. The highest BCUT2D eigenvalue weighted by atomic mass is 16.2. The molecule has 0 saturated heterocycles. The number of amides is 1. The molecule has 0 aromatic carbocycles. The summed E-state index contributed by atoms with van der Waals surface area (Å²) in [4.78, 5) is 22.5. The lowest BCUT2D eigenvalue weighted by molar-refractivity contribution is 0.0767. The Balaban J connectivity index is 3.01. The predicted molar refractivity (Wildman–Crippen MR) is 72.8 cm³/mol.